The van der Waals surface area contributed by atoms with Crippen LogP contribution >= 0.6 is 0 Å². The summed E-state index contributed by atoms with van der Waals surface area (Å²) in [5, 5.41) is 3.45. The van der Waals surface area contributed by atoms with Crippen molar-refractivity contribution in [3.05, 3.63) is 247 Å². The van der Waals surface area contributed by atoms with E-state index in [9.17, 15) is 0 Å². The van der Waals surface area contributed by atoms with Gasteiger partial charge in [-0.2, -0.15) is 0 Å². The van der Waals surface area contributed by atoms with Crippen LogP contribution in [0.5, 0.6) is 11.5 Å². The van der Waals surface area contributed by atoms with E-state index in [4.69, 9.17) is 19.7 Å². The Kier molecular flexibility index (Phi) is 8.09. The maximum Gasteiger partial charge on any atom is 0.160 e. The number of rotatable bonds is 5. The quantitative estimate of drug-likeness (QED) is 0.162. The van der Waals surface area contributed by atoms with Crippen LogP contribution in [0.1, 0.15) is 22.3 Å². The minimum Gasteiger partial charge on any atom is -0.457 e. The third-order valence-electron chi connectivity index (χ3n) is 13.2. The fourth-order valence-corrected chi connectivity index (χ4v) is 10.3. The molecule has 1 spiro atoms. The molecule has 0 radical (unpaired) electrons. The van der Waals surface area contributed by atoms with E-state index in [1.54, 1.807) is 0 Å². The molecule has 0 amide bonds. The van der Waals surface area contributed by atoms with Gasteiger partial charge in [0.2, 0.25) is 0 Å². The molecule has 11 aromatic rings. The highest BCUT2D eigenvalue weighted by Gasteiger charge is 2.51. The third kappa shape index (κ3) is 5.46. The third-order valence-corrected chi connectivity index (χ3v) is 13.2. The molecule has 4 heteroatoms. The summed E-state index contributed by atoms with van der Waals surface area (Å²) < 4.78 is 6.63. The second kappa shape index (κ2) is 14.3. The van der Waals surface area contributed by atoms with Crippen molar-refractivity contribution in [2.75, 3.05) is 0 Å². The molecule has 0 saturated carbocycles. The lowest BCUT2D eigenvalue weighted by atomic mass is 9.66. The summed E-state index contributed by atoms with van der Waals surface area (Å²) in [6, 6.07) is 79.4. The lowest BCUT2D eigenvalue weighted by Gasteiger charge is -2.39. The van der Waals surface area contributed by atoms with Gasteiger partial charge in [-0.05, 0) is 57.6 Å². The number of para-hydroxylation sites is 3. The van der Waals surface area contributed by atoms with Crippen LogP contribution in [0.3, 0.4) is 0 Å². The van der Waals surface area contributed by atoms with Crippen LogP contribution in [0.25, 0.3) is 89.1 Å². The van der Waals surface area contributed by atoms with E-state index >= 15 is 0 Å². The van der Waals surface area contributed by atoms with Crippen LogP contribution in [0, 0.1) is 0 Å². The van der Waals surface area contributed by atoms with Gasteiger partial charge >= 0.3 is 0 Å². The Labute approximate surface area is 370 Å². The maximum atomic E-state index is 6.63. The van der Waals surface area contributed by atoms with E-state index in [0.29, 0.717) is 5.82 Å². The number of ether oxygens (including phenoxy) is 1. The van der Waals surface area contributed by atoms with E-state index in [0.717, 1.165) is 78.3 Å². The molecule has 298 valence electrons. The normalized spacial score (nSPS) is 12.9. The van der Waals surface area contributed by atoms with Crippen LogP contribution in [-0.2, 0) is 5.41 Å². The van der Waals surface area contributed by atoms with Crippen molar-refractivity contribution in [1.82, 2.24) is 15.0 Å². The Hall–Kier alpha value is -8.47. The standard InChI is InChI=1S/C60H37N3O/c1-3-15-38(16-4-1)39-27-29-40(30-28-39)52-37-53(63-59(62-52)43-17-5-2-6-18-43)41-31-33-42(34-32-41)58-46-35-36-50-57(56(46)45-20-8-12-24-51(45)61-58)44-19-7-9-21-47(44)60(50)48-22-10-13-25-54(48)64-55-26-14-11-23-49(55)60/h1-37H. The van der Waals surface area contributed by atoms with Crippen LogP contribution in [-0.4, -0.2) is 15.0 Å². The van der Waals surface area contributed by atoms with E-state index in [-0.39, 0.29) is 0 Å². The van der Waals surface area contributed by atoms with E-state index in [1.807, 2.05) is 24.3 Å². The molecule has 0 N–H and O–H groups in total. The van der Waals surface area contributed by atoms with Crippen LogP contribution in [0.4, 0.5) is 0 Å². The molecule has 2 aromatic heterocycles. The second-order valence-corrected chi connectivity index (χ2v) is 16.6. The fraction of sp³-hybridized carbons (Fsp3) is 0.0167. The molecule has 0 saturated heterocycles. The molecule has 4 nitrogen and oxygen atoms in total. The number of hydrogen-bond acceptors (Lipinski definition) is 4. The van der Waals surface area contributed by atoms with Gasteiger partial charge in [0.05, 0.1) is 28.0 Å². The molecule has 1 aliphatic carbocycles. The first-order valence-electron chi connectivity index (χ1n) is 21.8. The molecule has 9 aromatic carbocycles. The topological polar surface area (TPSA) is 47.9 Å². The molecular weight excluding hydrogens is 779 g/mol. The van der Waals surface area contributed by atoms with Gasteiger partial charge in [-0.1, -0.05) is 200 Å². The van der Waals surface area contributed by atoms with Crippen LogP contribution in [0.2, 0.25) is 0 Å². The van der Waals surface area contributed by atoms with Gasteiger partial charge in [0, 0.05) is 49.5 Å². The van der Waals surface area contributed by atoms with Crippen molar-refractivity contribution >= 4 is 21.7 Å². The molecule has 0 fully saturated rings. The van der Waals surface area contributed by atoms with Gasteiger partial charge in [0.25, 0.3) is 0 Å². The van der Waals surface area contributed by atoms with Crippen molar-refractivity contribution < 1.29 is 4.74 Å². The number of fused-ring (bicyclic) bond motifs is 13. The Morgan fingerprint density at radius 1 is 0.344 bits per heavy atom. The summed E-state index contributed by atoms with van der Waals surface area (Å²) in [5.41, 5.74) is 16.8. The zero-order chi connectivity index (χ0) is 42.2. The molecule has 0 atom stereocenters. The Bertz CT molecular complexity index is 3570. The highest BCUT2D eigenvalue weighted by molar-refractivity contribution is 6.19. The first kappa shape index (κ1) is 36.2. The highest BCUT2D eigenvalue weighted by Crippen LogP contribution is 2.63. The molecular formula is C60H37N3O. The molecule has 3 heterocycles. The molecule has 0 bridgehead atoms. The molecule has 1 aliphatic heterocycles. The maximum absolute atomic E-state index is 6.63. The second-order valence-electron chi connectivity index (χ2n) is 16.6. The SMILES string of the molecule is c1ccc(-c2ccc(-c3cc(-c4ccc(-c5nc6ccccc6c6c7c(ccc56)C5(c6ccccc6Oc6ccccc65)c5ccccc5-7)cc4)nc(-c4ccccc4)n3)cc2)cc1. The van der Waals surface area contributed by atoms with Crippen molar-refractivity contribution in [3.63, 3.8) is 0 Å². The molecule has 13 rings (SSSR count). The van der Waals surface area contributed by atoms with Gasteiger partial charge in [-0.15, -0.1) is 0 Å². The highest BCUT2D eigenvalue weighted by atomic mass is 16.5. The zero-order valence-corrected chi connectivity index (χ0v) is 34.6. The zero-order valence-electron chi connectivity index (χ0n) is 34.6. The van der Waals surface area contributed by atoms with Crippen molar-refractivity contribution in [3.8, 4) is 78.9 Å². The Morgan fingerprint density at radius 3 is 1.53 bits per heavy atom. The smallest absolute Gasteiger partial charge is 0.160 e. The summed E-state index contributed by atoms with van der Waals surface area (Å²) >= 11 is 0. The molecule has 64 heavy (non-hydrogen) atoms. The first-order chi connectivity index (χ1) is 31.7. The van der Waals surface area contributed by atoms with Gasteiger partial charge in [-0.3, -0.25) is 0 Å². The van der Waals surface area contributed by atoms with Gasteiger partial charge in [0.1, 0.15) is 11.5 Å². The summed E-state index contributed by atoms with van der Waals surface area (Å²) in [5.74, 6) is 2.46. The summed E-state index contributed by atoms with van der Waals surface area (Å²) in [7, 11) is 0. The number of nitrogens with zero attached hydrogens (tertiary/aromatic N) is 3. The number of aromatic nitrogens is 3. The molecule has 0 unspecified atom stereocenters. The Balaban J connectivity index is 0.977. The summed E-state index contributed by atoms with van der Waals surface area (Å²) in [4.78, 5) is 15.7. The minimum absolute atomic E-state index is 0.559. The average molecular weight is 816 g/mol. The summed E-state index contributed by atoms with van der Waals surface area (Å²) in [6.07, 6.45) is 0. The Morgan fingerprint density at radius 2 is 0.859 bits per heavy atom. The van der Waals surface area contributed by atoms with E-state index in [2.05, 4.69) is 200 Å². The van der Waals surface area contributed by atoms with Gasteiger partial charge in [-0.25, -0.2) is 15.0 Å². The van der Waals surface area contributed by atoms with E-state index in [1.165, 1.54) is 38.8 Å². The monoisotopic (exact) mass is 815 g/mol. The minimum atomic E-state index is -0.559. The predicted molar refractivity (Wildman–Crippen MR) is 259 cm³/mol. The lowest BCUT2D eigenvalue weighted by Crippen LogP contribution is -2.32. The van der Waals surface area contributed by atoms with Gasteiger partial charge in [0.15, 0.2) is 5.82 Å². The predicted octanol–water partition coefficient (Wildman–Crippen LogP) is 15.0. The first-order valence-corrected chi connectivity index (χ1v) is 21.8. The fourth-order valence-electron chi connectivity index (χ4n) is 10.3. The van der Waals surface area contributed by atoms with Crippen molar-refractivity contribution in [2.45, 2.75) is 5.41 Å². The van der Waals surface area contributed by atoms with Crippen molar-refractivity contribution in [1.29, 1.82) is 0 Å². The summed E-state index contributed by atoms with van der Waals surface area (Å²) in [6.45, 7) is 0. The van der Waals surface area contributed by atoms with E-state index < -0.39 is 5.41 Å². The average Bonchev–Trinajstić information content (AvgIpc) is 3.67. The van der Waals surface area contributed by atoms with Crippen molar-refractivity contribution in [2.24, 2.45) is 0 Å². The lowest BCUT2D eigenvalue weighted by molar-refractivity contribution is 0.436. The van der Waals surface area contributed by atoms with Crippen LogP contribution in [0.15, 0.2) is 224 Å². The largest absolute Gasteiger partial charge is 0.457 e. The number of pyridine rings is 1. The van der Waals surface area contributed by atoms with Gasteiger partial charge < -0.3 is 4.74 Å². The number of hydrogen-bond donors (Lipinski definition) is 0. The number of benzene rings is 9. The molecule has 2 aliphatic rings. The van der Waals surface area contributed by atoms with Crippen LogP contribution < -0.4 is 4.74 Å².